The maximum absolute atomic E-state index is 14.4. The molecule has 2 aromatic heterocycles. The second kappa shape index (κ2) is 10.4. The first-order valence-corrected chi connectivity index (χ1v) is 11.6. The number of likely N-dealkylation sites (tertiary alicyclic amines) is 1. The van der Waals surface area contributed by atoms with Crippen molar-refractivity contribution >= 4 is 29.4 Å². The number of carbonyl (C=O) groups is 1. The van der Waals surface area contributed by atoms with Crippen molar-refractivity contribution in [1.29, 1.82) is 0 Å². The molecule has 2 aromatic rings. The van der Waals surface area contributed by atoms with E-state index in [4.69, 9.17) is 9.47 Å². The van der Waals surface area contributed by atoms with E-state index in [1.165, 1.54) is 0 Å². The van der Waals surface area contributed by atoms with E-state index in [1.807, 2.05) is 32.9 Å². The molecule has 0 saturated carbocycles. The summed E-state index contributed by atoms with van der Waals surface area (Å²) in [6, 6.07) is 3.70. The Hall–Kier alpha value is -3.21. The second-order valence-corrected chi connectivity index (χ2v) is 9.37. The fourth-order valence-corrected chi connectivity index (χ4v) is 3.94. The minimum absolute atomic E-state index is 0.0754. The van der Waals surface area contributed by atoms with E-state index in [1.54, 1.807) is 11.1 Å². The molecule has 0 bridgehead atoms. The molecule has 1 unspecified atom stereocenters. The summed E-state index contributed by atoms with van der Waals surface area (Å²) in [5.41, 5.74) is 0.133. The number of ether oxygens (including phenoxy) is 2. The molecule has 1 amide bonds. The molecule has 2 aliphatic rings. The lowest BCUT2D eigenvalue weighted by Gasteiger charge is -2.28. The quantitative estimate of drug-likeness (QED) is 0.653. The summed E-state index contributed by atoms with van der Waals surface area (Å²) >= 11 is 0. The highest BCUT2D eigenvalue weighted by Crippen LogP contribution is 2.23. The van der Waals surface area contributed by atoms with Crippen molar-refractivity contribution in [2.24, 2.45) is 0 Å². The van der Waals surface area contributed by atoms with Crippen LogP contribution in [0.3, 0.4) is 0 Å². The molecule has 2 N–H and O–H groups in total. The minimum Gasteiger partial charge on any atom is -0.444 e. The molecule has 2 fully saturated rings. The molecule has 1 atom stereocenters. The number of pyridine rings is 1. The van der Waals surface area contributed by atoms with Crippen LogP contribution in [0, 0.1) is 5.82 Å². The maximum Gasteiger partial charge on any atom is 0.410 e. The highest BCUT2D eigenvalue weighted by Gasteiger charge is 2.32. The van der Waals surface area contributed by atoms with E-state index >= 15 is 0 Å². The molecule has 0 radical (unpaired) electrons. The molecule has 2 aliphatic heterocycles. The Kier molecular flexibility index (Phi) is 7.30. The van der Waals surface area contributed by atoms with Gasteiger partial charge < -0.3 is 29.9 Å². The fourth-order valence-electron chi connectivity index (χ4n) is 3.94. The van der Waals surface area contributed by atoms with Crippen molar-refractivity contribution in [2.75, 3.05) is 54.9 Å². The molecular formula is C23H32FN7O3. The standard InChI is InChI=1S/C23H32FN7O3/c1-23(2,3)34-22(32)31-8-4-5-17(31)14-26-20-18(24)15-27-21(29-20)28-16-6-7-19(25-13-16)30-9-11-33-12-10-30/h6-7,13,15,17H,4-5,8-12,14H2,1-3H3,(H2,26,27,28,29). The number of aromatic nitrogens is 3. The van der Waals surface area contributed by atoms with Crippen molar-refractivity contribution in [3.63, 3.8) is 0 Å². The summed E-state index contributed by atoms with van der Waals surface area (Å²) < 4.78 is 25.2. The summed E-state index contributed by atoms with van der Waals surface area (Å²) in [5.74, 6) is 0.641. The van der Waals surface area contributed by atoms with Gasteiger partial charge in [-0.1, -0.05) is 0 Å². The Balaban J connectivity index is 1.36. The van der Waals surface area contributed by atoms with Gasteiger partial charge in [0.1, 0.15) is 11.4 Å². The summed E-state index contributed by atoms with van der Waals surface area (Å²) in [6.45, 7) is 9.50. The van der Waals surface area contributed by atoms with Crippen LogP contribution >= 0.6 is 0 Å². The SMILES string of the molecule is CC(C)(C)OC(=O)N1CCCC1CNc1nc(Nc2ccc(N3CCOCC3)nc2)ncc1F. The lowest BCUT2D eigenvalue weighted by molar-refractivity contribution is 0.0235. The number of hydrogen-bond donors (Lipinski definition) is 2. The van der Waals surface area contributed by atoms with E-state index in [0.717, 1.165) is 37.9 Å². The van der Waals surface area contributed by atoms with Gasteiger partial charge >= 0.3 is 6.09 Å². The van der Waals surface area contributed by atoms with Gasteiger partial charge in [-0.05, 0) is 45.7 Å². The first kappa shape index (κ1) is 23.9. The molecular weight excluding hydrogens is 441 g/mol. The normalized spacial score (nSPS) is 18.6. The van der Waals surface area contributed by atoms with E-state index in [9.17, 15) is 9.18 Å². The molecule has 0 aromatic carbocycles. The molecule has 4 heterocycles. The predicted octanol–water partition coefficient (Wildman–Crippen LogP) is 3.40. The Morgan fingerprint density at radius 1 is 1.21 bits per heavy atom. The van der Waals surface area contributed by atoms with Gasteiger partial charge in [-0.25, -0.2) is 19.2 Å². The van der Waals surface area contributed by atoms with Crippen molar-refractivity contribution in [1.82, 2.24) is 19.9 Å². The molecule has 10 nitrogen and oxygen atoms in total. The largest absolute Gasteiger partial charge is 0.444 e. The smallest absolute Gasteiger partial charge is 0.410 e. The van der Waals surface area contributed by atoms with Gasteiger partial charge in [0.15, 0.2) is 11.6 Å². The number of amides is 1. The van der Waals surface area contributed by atoms with Gasteiger partial charge in [-0.3, -0.25) is 0 Å². The number of carbonyl (C=O) groups excluding carboxylic acids is 1. The van der Waals surface area contributed by atoms with Crippen LogP contribution in [-0.4, -0.2) is 77.0 Å². The van der Waals surface area contributed by atoms with Crippen LogP contribution in [0.1, 0.15) is 33.6 Å². The first-order valence-electron chi connectivity index (χ1n) is 11.6. The zero-order valence-corrected chi connectivity index (χ0v) is 19.9. The number of rotatable bonds is 6. The van der Waals surface area contributed by atoms with E-state index in [0.29, 0.717) is 32.0 Å². The van der Waals surface area contributed by atoms with Crippen molar-refractivity contribution < 1.29 is 18.7 Å². The minimum atomic E-state index is -0.563. The molecule has 34 heavy (non-hydrogen) atoms. The fraction of sp³-hybridized carbons (Fsp3) is 0.565. The second-order valence-electron chi connectivity index (χ2n) is 9.37. The zero-order chi connectivity index (χ0) is 24.1. The van der Waals surface area contributed by atoms with Gasteiger partial charge in [0, 0.05) is 26.2 Å². The van der Waals surface area contributed by atoms with Crippen molar-refractivity contribution in [2.45, 2.75) is 45.3 Å². The first-order chi connectivity index (χ1) is 16.3. The van der Waals surface area contributed by atoms with Gasteiger partial charge in [0.05, 0.1) is 37.3 Å². The highest BCUT2D eigenvalue weighted by molar-refractivity contribution is 5.69. The Bertz CT molecular complexity index is 978. The summed E-state index contributed by atoms with van der Waals surface area (Å²) in [7, 11) is 0. The lowest BCUT2D eigenvalue weighted by atomic mass is 10.2. The molecule has 2 saturated heterocycles. The van der Waals surface area contributed by atoms with E-state index < -0.39 is 11.4 Å². The van der Waals surface area contributed by atoms with Crippen LogP contribution in [0.15, 0.2) is 24.5 Å². The van der Waals surface area contributed by atoms with Crippen LogP contribution in [0.4, 0.5) is 32.5 Å². The number of nitrogens with zero attached hydrogens (tertiary/aromatic N) is 5. The van der Waals surface area contributed by atoms with Crippen LogP contribution in [0.2, 0.25) is 0 Å². The van der Waals surface area contributed by atoms with Crippen LogP contribution in [0.5, 0.6) is 0 Å². The number of halogens is 1. The molecule has 4 rings (SSSR count). The predicted molar refractivity (Wildman–Crippen MR) is 127 cm³/mol. The van der Waals surface area contributed by atoms with Crippen LogP contribution in [0.25, 0.3) is 0 Å². The van der Waals surface area contributed by atoms with Crippen molar-refractivity contribution in [3.8, 4) is 0 Å². The monoisotopic (exact) mass is 473 g/mol. The van der Waals surface area contributed by atoms with E-state index in [2.05, 4.69) is 30.5 Å². The highest BCUT2D eigenvalue weighted by atomic mass is 19.1. The third-order valence-electron chi connectivity index (χ3n) is 5.59. The van der Waals surface area contributed by atoms with Gasteiger partial charge in [-0.15, -0.1) is 0 Å². The number of hydrogen-bond acceptors (Lipinski definition) is 9. The summed E-state index contributed by atoms with van der Waals surface area (Å²) in [4.78, 5) is 29.1. The van der Waals surface area contributed by atoms with Crippen molar-refractivity contribution in [3.05, 3.63) is 30.3 Å². The molecule has 11 heteroatoms. The Labute approximate surface area is 198 Å². The zero-order valence-electron chi connectivity index (χ0n) is 19.9. The number of anilines is 4. The molecule has 0 spiro atoms. The van der Waals surface area contributed by atoms with Crippen LogP contribution in [-0.2, 0) is 9.47 Å². The average molecular weight is 474 g/mol. The van der Waals surface area contributed by atoms with Gasteiger partial charge in [0.2, 0.25) is 5.95 Å². The van der Waals surface area contributed by atoms with Gasteiger partial charge in [-0.2, -0.15) is 4.98 Å². The summed E-state index contributed by atoms with van der Waals surface area (Å²) in [5, 5.41) is 6.09. The van der Waals surface area contributed by atoms with Crippen LogP contribution < -0.4 is 15.5 Å². The van der Waals surface area contributed by atoms with Gasteiger partial charge in [0.25, 0.3) is 0 Å². The summed E-state index contributed by atoms with van der Waals surface area (Å²) in [6.07, 6.45) is 4.15. The number of morpholine rings is 1. The third-order valence-corrected chi connectivity index (χ3v) is 5.59. The van der Waals surface area contributed by atoms with E-state index in [-0.39, 0.29) is 23.9 Å². The third kappa shape index (κ3) is 6.22. The number of nitrogens with one attached hydrogen (secondary N) is 2. The Morgan fingerprint density at radius 2 is 2.00 bits per heavy atom. The Morgan fingerprint density at radius 3 is 2.71 bits per heavy atom. The average Bonchev–Trinajstić information content (AvgIpc) is 3.28. The molecule has 184 valence electrons. The lowest BCUT2D eigenvalue weighted by Crippen LogP contribution is -2.42. The topological polar surface area (TPSA) is 105 Å². The maximum atomic E-state index is 14.4. The molecule has 0 aliphatic carbocycles.